The van der Waals surface area contributed by atoms with E-state index in [-0.39, 0.29) is 11.3 Å². The quantitative estimate of drug-likeness (QED) is 0.775. The number of hydrogen-bond donors (Lipinski definition) is 0. The van der Waals surface area contributed by atoms with Crippen LogP contribution in [-0.2, 0) is 0 Å². The summed E-state index contributed by atoms with van der Waals surface area (Å²) in [6.07, 6.45) is 1.75. The van der Waals surface area contributed by atoms with E-state index in [2.05, 4.69) is 25.9 Å². The Morgan fingerprint density at radius 1 is 1.38 bits per heavy atom. The van der Waals surface area contributed by atoms with E-state index >= 15 is 0 Å². The first-order chi connectivity index (χ1) is 6.20. The molecule has 0 aliphatic rings. The van der Waals surface area contributed by atoms with Gasteiger partial charge in [0.25, 0.3) is 6.43 Å². The Labute approximate surface area is 80.6 Å². The third kappa shape index (κ3) is 1.31. The number of rotatable bonds is 1. The summed E-state index contributed by atoms with van der Waals surface area (Å²) in [6.45, 7) is 0. The van der Waals surface area contributed by atoms with Gasteiger partial charge in [0.2, 0.25) is 0 Å². The Morgan fingerprint density at radius 2 is 2.15 bits per heavy atom. The molecule has 0 saturated heterocycles. The standard InChI is InChI=1S/C7H4BrF2N3/c8-4-3-12-7-5(6(9)10)11-1-2-13(4)7/h1-3,6H. The second-order valence-corrected chi connectivity index (χ2v) is 3.20. The Kier molecular flexibility index (Phi) is 1.99. The molecule has 0 aromatic carbocycles. The molecule has 0 atom stereocenters. The minimum Gasteiger partial charge on any atom is -0.291 e. The van der Waals surface area contributed by atoms with Gasteiger partial charge in [-0.2, -0.15) is 0 Å². The lowest BCUT2D eigenvalue weighted by Crippen LogP contribution is -1.96. The van der Waals surface area contributed by atoms with Crippen LogP contribution in [0.15, 0.2) is 23.2 Å². The first-order valence-corrected chi connectivity index (χ1v) is 4.25. The minimum absolute atomic E-state index is 0.185. The van der Waals surface area contributed by atoms with Crippen molar-refractivity contribution in [3.05, 3.63) is 28.9 Å². The van der Waals surface area contributed by atoms with Gasteiger partial charge in [-0.1, -0.05) is 0 Å². The molecule has 0 unspecified atom stereocenters. The maximum Gasteiger partial charge on any atom is 0.284 e. The lowest BCUT2D eigenvalue weighted by atomic mass is 10.4. The molecular weight excluding hydrogens is 244 g/mol. The van der Waals surface area contributed by atoms with E-state index in [0.717, 1.165) is 0 Å². The van der Waals surface area contributed by atoms with Gasteiger partial charge >= 0.3 is 0 Å². The largest absolute Gasteiger partial charge is 0.291 e. The highest BCUT2D eigenvalue weighted by atomic mass is 79.9. The maximum atomic E-state index is 12.4. The molecule has 0 spiro atoms. The molecule has 0 fully saturated rings. The van der Waals surface area contributed by atoms with Crippen LogP contribution in [-0.4, -0.2) is 14.4 Å². The molecule has 0 aliphatic carbocycles. The molecule has 2 rings (SSSR count). The number of halogens is 3. The summed E-state index contributed by atoms with van der Waals surface area (Å²) in [7, 11) is 0. The molecule has 0 radical (unpaired) electrons. The number of aromatic nitrogens is 3. The average Bonchev–Trinajstić information content (AvgIpc) is 2.48. The van der Waals surface area contributed by atoms with Gasteiger partial charge in [-0.15, -0.1) is 0 Å². The van der Waals surface area contributed by atoms with Crippen molar-refractivity contribution in [2.75, 3.05) is 0 Å². The van der Waals surface area contributed by atoms with Gasteiger partial charge in [-0.05, 0) is 15.9 Å². The van der Waals surface area contributed by atoms with Crippen LogP contribution < -0.4 is 0 Å². The van der Waals surface area contributed by atoms with Gasteiger partial charge in [0.1, 0.15) is 10.3 Å². The van der Waals surface area contributed by atoms with Crippen molar-refractivity contribution in [2.45, 2.75) is 6.43 Å². The summed E-state index contributed by atoms with van der Waals surface area (Å²) in [5, 5.41) is 0. The summed E-state index contributed by atoms with van der Waals surface area (Å²) < 4.78 is 26.9. The third-order valence-corrected chi connectivity index (χ3v) is 2.20. The second-order valence-electron chi connectivity index (χ2n) is 2.39. The monoisotopic (exact) mass is 247 g/mol. The number of hydrogen-bond acceptors (Lipinski definition) is 2. The molecule has 2 aromatic heterocycles. The summed E-state index contributed by atoms with van der Waals surface area (Å²) in [5.74, 6) is 0. The molecule has 6 heteroatoms. The molecule has 68 valence electrons. The zero-order chi connectivity index (χ0) is 9.42. The van der Waals surface area contributed by atoms with Gasteiger partial charge in [-0.3, -0.25) is 4.40 Å². The Morgan fingerprint density at radius 3 is 2.85 bits per heavy atom. The highest BCUT2D eigenvalue weighted by Gasteiger charge is 2.15. The lowest BCUT2D eigenvalue weighted by Gasteiger charge is -2.00. The van der Waals surface area contributed by atoms with E-state index in [1.54, 1.807) is 6.20 Å². The van der Waals surface area contributed by atoms with Gasteiger partial charge in [0.15, 0.2) is 5.65 Å². The van der Waals surface area contributed by atoms with Crippen molar-refractivity contribution < 1.29 is 8.78 Å². The predicted molar refractivity (Wildman–Crippen MR) is 45.6 cm³/mol. The van der Waals surface area contributed by atoms with Crippen LogP contribution in [0.1, 0.15) is 12.1 Å². The summed E-state index contributed by atoms with van der Waals surface area (Å²) >= 11 is 3.18. The van der Waals surface area contributed by atoms with Gasteiger partial charge in [0.05, 0.1) is 6.20 Å². The van der Waals surface area contributed by atoms with Crippen molar-refractivity contribution in [2.24, 2.45) is 0 Å². The van der Waals surface area contributed by atoms with Crippen LogP contribution in [0.3, 0.4) is 0 Å². The number of fused-ring (bicyclic) bond motifs is 1. The third-order valence-electron chi connectivity index (χ3n) is 1.62. The average molecular weight is 248 g/mol. The van der Waals surface area contributed by atoms with E-state index < -0.39 is 6.43 Å². The normalized spacial score (nSPS) is 11.4. The topological polar surface area (TPSA) is 30.2 Å². The number of imidazole rings is 1. The number of nitrogens with zero attached hydrogens (tertiary/aromatic N) is 3. The van der Waals surface area contributed by atoms with Crippen molar-refractivity contribution in [3.63, 3.8) is 0 Å². The Bertz CT molecular complexity index is 440. The predicted octanol–water partition coefficient (Wildman–Crippen LogP) is 2.43. The van der Waals surface area contributed by atoms with Gasteiger partial charge in [-0.25, -0.2) is 18.7 Å². The van der Waals surface area contributed by atoms with Crippen LogP contribution in [0.2, 0.25) is 0 Å². The summed E-state index contributed by atoms with van der Waals surface area (Å²) in [6, 6.07) is 0. The van der Waals surface area contributed by atoms with Crippen molar-refractivity contribution in [1.82, 2.24) is 14.4 Å². The molecule has 2 heterocycles. The highest BCUT2D eigenvalue weighted by molar-refractivity contribution is 9.10. The van der Waals surface area contributed by atoms with Crippen LogP contribution >= 0.6 is 15.9 Å². The highest BCUT2D eigenvalue weighted by Crippen LogP contribution is 2.22. The first-order valence-electron chi connectivity index (χ1n) is 3.46. The zero-order valence-corrected chi connectivity index (χ0v) is 7.87. The van der Waals surface area contributed by atoms with Crippen molar-refractivity contribution in [3.8, 4) is 0 Å². The molecule has 0 aliphatic heterocycles. The van der Waals surface area contributed by atoms with Crippen LogP contribution in [0, 0.1) is 0 Å². The van der Waals surface area contributed by atoms with Gasteiger partial charge in [0, 0.05) is 12.4 Å². The zero-order valence-electron chi connectivity index (χ0n) is 6.28. The van der Waals surface area contributed by atoms with Crippen molar-refractivity contribution >= 4 is 21.6 Å². The molecule has 0 bridgehead atoms. The molecule has 0 amide bonds. The molecule has 3 nitrogen and oxygen atoms in total. The number of alkyl halides is 2. The van der Waals surface area contributed by atoms with Crippen molar-refractivity contribution in [1.29, 1.82) is 0 Å². The Balaban J connectivity index is 2.77. The molecule has 0 saturated carbocycles. The van der Waals surface area contributed by atoms with E-state index in [9.17, 15) is 8.78 Å². The van der Waals surface area contributed by atoms with E-state index in [0.29, 0.717) is 4.60 Å². The molecule has 2 aromatic rings. The molecule has 13 heavy (non-hydrogen) atoms. The van der Waals surface area contributed by atoms with Crippen LogP contribution in [0.4, 0.5) is 8.78 Å². The Hall–Kier alpha value is -1.04. The van der Waals surface area contributed by atoms with E-state index in [4.69, 9.17) is 0 Å². The lowest BCUT2D eigenvalue weighted by molar-refractivity contribution is 0.147. The molecular formula is C7H4BrF2N3. The molecule has 0 N–H and O–H groups in total. The summed E-state index contributed by atoms with van der Waals surface area (Å²) in [5.41, 5.74) is -0.113. The summed E-state index contributed by atoms with van der Waals surface area (Å²) in [4.78, 5) is 7.38. The first kappa shape index (κ1) is 8.55. The van der Waals surface area contributed by atoms with E-state index in [1.807, 2.05) is 0 Å². The van der Waals surface area contributed by atoms with Crippen LogP contribution in [0.5, 0.6) is 0 Å². The van der Waals surface area contributed by atoms with Gasteiger partial charge < -0.3 is 0 Å². The van der Waals surface area contributed by atoms with E-state index in [1.165, 1.54) is 16.8 Å². The maximum absolute atomic E-state index is 12.4. The second kappa shape index (κ2) is 3.02. The SMILES string of the molecule is FC(F)c1nccn2c(Br)cnc12. The fourth-order valence-electron chi connectivity index (χ4n) is 1.06. The minimum atomic E-state index is -2.60. The smallest absolute Gasteiger partial charge is 0.284 e. The van der Waals surface area contributed by atoms with Crippen LogP contribution in [0.25, 0.3) is 5.65 Å². The fraction of sp³-hybridized carbons (Fsp3) is 0.143. The fourth-order valence-corrected chi connectivity index (χ4v) is 1.45.